The van der Waals surface area contributed by atoms with Crippen molar-refractivity contribution >= 4 is 0 Å². The van der Waals surface area contributed by atoms with Crippen LogP contribution in [0.25, 0.3) is 0 Å². The molecule has 3 rings (SSSR count). The summed E-state index contributed by atoms with van der Waals surface area (Å²) in [6, 6.07) is 6.50. The van der Waals surface area contributed by atoms with Crippen molar-refractivity contribution < 1.29 is 0 Å². The van der Waals surface area contributed by atoms with Crippen molar-refractivity contribution in [1.29, 1.82) is 5.26 Å². The average molecular weight is 199 g/mol. The molecular formula is C12H13N3. The molecule has 1 saturated carbocycles. The minimum Gasteiger partial charge on any atom is -0.309 e. The van der Waals surface area contributed by atoms with Crippen LogP contribution >= 0.6 is 0 Å². The minimum atomic E-state index is 0.127. The molecule has 0 aromatic carbocycles. The van der Waals surface area contributed by atoms with Gasteiger partial charge in [0.05, 0.1) is 12.0 Å². The van der Waals surface area contributed by atoms with Crippen LogP contribution in [0.1, 0.15) is 24.3 Å². The Morgan fingerprint density at radius 3 is 3.00 bits per heavy atom. The van der Waals surface area contributed by atoms with Gasteiger partial charge in [-0.2, -0.15) is 5.26 Å². The first-order valence-electron chi connectivity index (χ1n) is 5.40. The van der Waals surface area contributed by atoms with Gasteiger partial charge in [0.2, 0.25) is 0 Å². The number of rotatable bonds is 1. The van der Waals surface area contributed by atoms with Gasteiger partial charge in [0, 0.05) is 30.4 Å². The smallest absolute Gasteiger partial charge is 0.0726 e. The molecule has 1 aromatic heterocycles. The molecule has 2 heterocycles. The van der Waals surface area contributed by atoms with E-state index < -0.39 is 0 Å². The fraction of sp³-hybridized carbons (Fsp3) is 0.500. The maximum atomic E-state index is 9.26. The van der Waals surface area contributed by atoms with Gasteiger partial charge < -0.3 is 5.32 Å². The molecule has 76 valence electrons. The van der Waals surface area contributed by atoms with Crippen molar-refractivity contribution in [3.8, 4) is 6.07 Å². The molecule has 0 bridgehead atoms. The molecule has 15 heavy (non-hydrogen) atoms. The molecule has 1 spiro atoms. The van der Waals surface area contributed by atoms with Crippen LogP contribution in [0.5, 0.6) is 0 Å². The molecule has 1 aliphatic heterocycles. The number of aromatic nitrogens is 1. The lowest BCUT2D eigenvalue weighted by atomic mass is 9.86. The Kier molecular flexibility index (Phi) is 1.80. The molecule has 3 heteroatoms. The summed E-state index contributed by atoms with van der Waals surface area (Å²) in [4.78, 5) is 4.13. The molecule has 2 fully saturated rings. The highest BCUT2D eigenvalue weighted by atomic mass is 15.1. The van der Waals surface area contributed by atoms with Crippen LogP contribution in [-0.4, -0.2) is 17.1 Å². The zero-order chi connectivity index (χ0) is 10.3. The maximum absolute atomic E-state index is 9.26. The normalized spacial score (nSPS) is 31.4. The Balaban J connectivity index is 1.92. The lowest BCUT2D eigenvalue weighted by Crippen LogP contribution is -2.28. The molecule has 1 saturated heterocycles. The van der Waals surface area contributed by atoms with Gasteiger partial charge >= 0.3 is 0 Å². The lowest BCUT2D eigenvalue weighted by molar-refractivity contribution is 0.495. The number of pyridine rings is 1. The van der Waals surface area contributed by atoms with Gasteiger partial charge in [0.15, 0.2) is 0 Å². The Morgan fingerprint density at radius 1 is 1.53 bits per heavy atom. The van der Waals surface area contributed by atoms with E-state index >= 15 is 0 Å². The number of hydrogen-bond donors (Lipinski definition) is 1. The summed E-state index contributed by atoms with van der Waals surface area (Å²) in [5.41, 5.74) is 1.34. The quantitative estimate of drug-likeness (QED) is 0.744. The van der Waals surface area contributed by atoms with Gasteiger partial charge in [0.1, 0.15) is 0 Å². The van der Waals surface area contributed by atoms with Gasteiger partial charge in [-0.25, -0.2) is 0 Å². The summed E-state index contributed by atoms with van der Waals surface area (Å²) in [6.07, 6.45) is 5.97. The first kappa shape index (κ1) is 8.87. The van der Waals surface area contributed by atoms with Gasteiger partial charge in [-0.15, -0.1) is 0 Å². The van der Waals surface area contributed by atoms with Gasteiger partial charge in [-0.3, -0.25) is 4.98 Å². The average Bonchev–Trinajstić information content (AvgIpc) is 2.95. The fourth-order valence-electron chi connectivity index (χ4n) is 2.67. The van der Waals surface area contributed by atoms with Gasteiger partial charge in [-0.05, 0) is 24.5 Å². The number of nitriles is 1. The van der Waals surface area contributed by atoms with Crippen LogP contribution in [-0.2, 0) is 0 Å². The Bertz CT molecular complexity index is 403. The molecule has 2 atom stereocenters. The van der Waals surface area contributed by atoms with Crippen LogP contribution in [0, 0.1) is 17.2 Å². The van der Waals surface area contributed by atoms with E-state index in [9.17, 15) is 5.26 Å². The maximum Gasteiger partial charge on any atom is 0.0726 e. The highest BCUT2D eigenvalue weighted by Gasteiger charge is 2.56. The molecule has 0 amide bonds. The first-order valence-corrected chi connectivity index (χ1v) is 5.40. The lowest BCUT2D eigenvalue weighted by Gasteiger charge is -2.15. The Labute approximate surface area is 89.1 Å². The van der Waals surface area contributed by atoms with Crippen LogP contribution in [0.3, 0.4) is 0 Å². The van der Waals surface area contributed by atoms with Crippen molar-refractivity contribution in [3.63, 3.8) is 0 Å². The van der Waals surface area contributed by atoms with Crippen LogP contribution in [0.2, 0.25) is 0 Å². The first-order chi connectivity index (χ1) is 7.36. The van der Waals surface area contributed by atoms with E-state index in [1.807, 2.05) is 12.3 Å². The SMILES string of the molecule is N#C[C@H]1C(c2cccnc2)CNC12CC2. The number of hydrogen-bond acceptors (Lipinski definition) is 3. The molecule has 3 nitrogen and oxygen atoms in total. The van der Waals surface area contributed by atoms with Crippen molar-refractivity contribution in [2.45, 2.75) is 24.3 Å². The van der Waals surface area contributed by atoms with E-state index in [1.54, 1.807) is 6.20 Å². The summed E-state index contributed by atoms with van der Waals surface area (Å²) >= 11 is 0. The standard InChI is InChI=1S/C12H13N3/c13-6-11-10(8-15-12(11)3-4-12)9-2-1-5-14-7-9/h1-2,5,7,10-11,15H,3-4,8H2/t10?,11-/m0/s1. The second kappa shape index (κ2) is 3.04. The van der Waals surface area contributed by atoms with E-state index in [2.05, 4.69) is 22.4 Å². The second-order valence-corrected chi connectivity index (χ2v) is 4.54. The van der Waals surface area contributed by atoms with Crippen molar-refractivity contribution in [2.24, 2.45) is 5.92 Å². The third-order valence-electron chi connectivity index (χ3n) is 3.71. The minimum absolute atomic E-state index is 0.127. The van der Waals surface area contributed by atoms with Gasteiger partial charge in [0.25, 0.3) is 0 Å². The van der Waals surface area contributed by atoms with Crippen LogP contribution in [0.4, 0.5) is 0 Å². The molecule has 0 radical (unpaired) electrons. The summed E-state index contributed by atoms with van der Waals surface area (Å²) in [5, 5.41) is 12.8. The summed E-state index contributed by atoms with van der Waals surface area (Å²) in [5.74, 6) is 0.452. The predicted octanol–water partition coefficient (Wildman–Crippen LogP) is 1.44. The van der Waals surface area contributed by atoms with Crippen LogP contribution in [0.15, 0.2) is 24.5 Å². The highest BCUT2D eigenvalue weighted by molar-refractivity contribution is 5.29. The Hall–Kier alpha value is -1.40. The van der Waals surface area contributed by atoms with Crippen molar-refractivity contribution in [2.75, 3.05) is 6.54 Å². The fourth-order valence-corrected chi connectivity index (χ4v) is 2.67. The molecule has 1 N–H and O–H groups in total. The summed E-state index contributed by atoms with van der Waals surface area (Å²) in [6.45, 7) is 0.921. The van der Waals surface area contributed by atoms with Crippen molar-refractivity contribution in [1.82, 2.24) is 10.3 Å². The van der Waals surface area contributed by atoms with E-state index in [4.69, 9.17) is 0 Å². The largest absolute Gasteiger partial charge is 0.309 e. The molecule has 1 aliphatic carbocycles. The molecule has 2 aliphatic rings. The Morgan fingerprint density at radius 2 is 2.40 bits per heavy atom. The molecular weight excluding hydrogens is 186 g/mol. The number of nitrogens with zero attached hydrogens (tertiary/aromatic N) is 2. The van der Waals surface area contributed by atoms with Crippen molar-refractivity contribution in [3.05, 3.63) is 30.1 Å². The third kappa shape index (κ3) is 1.25. The van der Waals surface area contributed by atoms with Crippen LogP contribution < -0.4 is 5.32 Å². The van der Waals surface area contributed by atoms with E-state index in [0.717, 1.165) is 19.4 Å². The van der Waals surface area contributed by atoms with E-state index in [1.165, 1.54) is 5.56 Å². The summed E-state index contributed by atoms with van der Waals surface area (Å²) < 4.78 is 0. The monoisotopic (exact) mass is 199 g/mol. The number of nitrogens with one attached hydrogen (secondary N) is 1. The highest BCUT2D eigenvalue weighted by Crippen LogP contribution is 2.51. The molecule has 1 unspecified atom stereocenters. The van der Waals surface area contributed by atoms with Gasteiger partial charge in [-0.1, -0.05) is 6.07 Å². The summed E-state index contributed by atoms with van der Waals surface area (Å²) in [7, 11) is 0. The third-order valence-corrected chi connectivity index (χ3v) is 3.71. The van der Waals surface area contributed by atoms with E-state index in [-0.39, 0.29) is 11.5 Å². The zero-order valence-corrected chi connectivity index (χ0v) is 8.48. The second-order valence-electron chi connectivity index (χ2n) is 4.54. The predicted molar refractivity (Wildman–Crippen MR) is 56.0 cm³/mol. The molecule has 1 aromatic rings. The topological polar surface area (TPSA) is 48.7 Å². The zero-order valence-electron chi connectivity index (χ0n) is 8.48. The van der Waals surface area contributed by atoms with E-state index in [0.29, 0.717) is 5.92 Å².